The molecule has 0 unspecified atom stereocenters. The smallest absolute Gasteiger partial charge is 0.221 e. The highest BCUT2D eigenvalue weighted by Crippen LogP contribution is 1.87. The molecule has 70 valence electrons. The van der Waals surface area contributed by atoms with E-state index < -0.39 is 0 Å². The number of amides is 2. The van der Waals surface area contributed by atoms with E-state index in [9.17, 15) is 9.59 Å². The minimum Gasteiger partial charge on any atom is -0.370 e. The average Bonchev–Trinajstić information content (AvgIpc) is 1.98. The van der Waals surface area contributed by atoms with Crippen LogP contribution in [0, 0.1) is 0 Å². The first-order valence-corrected chi connectivity index (χ1v) is 4.31. The number of alkyl halides is 1. The normalized spacial score (nSPS) is 9.42. The SMILES string of the molecule is NC(=O)CCCNC(=O)CCCl. The predicted octanol–water partition coefficient (Wildman–Crippen LogP) is -0.00300. The molecule has 5 heteroatoms. The van der Waals surface area contributed by atoms with E-state index in [0.717, 1.165) is 0 Å². The number of nitrogens with two attached hydrogens (primary N) is 1. The van der Waals surface area contributed by atoms with Gasteiger partial charge < -0.3 is 11.1 Å². The Kier molecular flexibility index (Phi) is 6.47. The highest BCUT2D eigenvalue weighted by Gasteiger charge is 1.99. The van der Waals surface area contributed by atoms with Gasteiger partial charge >= 0.3 is 0 Å². The zero-order valence-corrected chi connectivity index (χ0v) is 7.56. The van der Waals surface area contributed by atoms with Gasteiger partial charge in [-0.05, 0) is 6.42 Å². The van der Waals surface area contributed by atoms with Gasteiger partial charge in [0.25, 0.3) is 0 Å². The first-order chi connectivity index (χ1) is 5.66. The van der Waals surface area contributed by atoms with E-state index in [0.29, 0.717) is 31.7 Å². The van der Waals surface area contributed by atoms with Crippen LogP contribution in [-0.4, -0.2) is 24.2 Å². The van der Waals surface area contributed by atoms with Gasteiger partial charge in [-0.25, -0.2) is 0 Å². The van der Waals surface area contributed by atoms with E-state index in [1.54, 1.807) is 0 Å². The summed E-state index contributed by atoms with van der Waals surface area (Å²) in [4.78, 5) is 21.0. The van der Waals surface area contributed by atoms with Gasteiger partial charge in [-0.3, -0.25) is 9.59 Å². The number of rotatable bonds is 6. The summed E-state index contributed by atoms with van der Waals surface area (Å²) in [6, 6.07) is 0. The van der Waals surface area contributed by atoms with Crippen LogP contribution in [0.1, 0.15) is 19.3 Å². The molecule has 0 aliphatic rings. The molecule has 12 heavy (non-hydrogen) atoms. The van der Waals surface area contributed by atoms with Gasteiger partial charge in [0.1, 0.15) is 0 Å². The molecule has 0 rings (SSSR count). The van der Waals surface area contributed by atoms with E-state index in [1.165, 1.54) is 0 Å². The van der Waals surface area contributed by atoms with Crippen LogP contribution in [0.25, 0.3) is 0 Å². The second kappa shape index (κ2) is 6.91. The van der Waals surface area contributed by atoms with Gasteiger partial charge in [0.2, 0.25) is 11.8 Å². The molecule has 0 atom stereocenters. The van der Waals surface area contributed by atoms with E-state index >= 15 is 0 Å². The number of primary amides is 1. The maximum Gasteiger partial charge on any atom is 0.221 e. The summed E-state index contributed by atoms with van der Waals surface area (Å²) in [5, 5.41) is 2.61. The van der Waals surface area contributed by atoms with Gasteiger partial charge in [-0.1, -0.05) is 0 Å². The number of nitrogens with one attached hydrogen (secondary N) is 1. The lowest BCUT2D eigenvalue weighted by atomic mass is 10.3. The molecule has 2 amide bonds. The number of halogens is 1. The molecule has 0 saturated carbocycles. The summed E-state index contributed by atoms with van der Waals surface area (Å²) < 4.78 is 0. The van der Waals surface area contributed by atoms with Crippen molar-refractivity contribution >= 4 is 23.4 Å². The zero-order valence-electron chi connectivity index (χ0n) is 6.81. The quantitative estimate of drug-likeness (QED) is 0.459. The molecule has 0 heterocycles. The molecule has 0 saturated heterocycles. The largest absolute Gasteiger partial charge is 0.370 e. The summed E-state index contributed by atoms with van der Waals surface area (Å²) in [5.41, 5.74) is 4.90. The highest BCUT2D eigenvalue weighted by atomic mass is 35.5. The number of hydrogen-bond acceptors (Lipinski definition) is 2. The fourth-order valence-corrected chi connectivity index (χ4v) is 0.836. The molecule has 0 bridgehead atoms. The standard InChI is InChI=1S/C7H13ClN2O2/c8-4-3-7(12)10-5-1-2-6(9)11/h1-5H2,(H2,9,11)(H,10,12). The van der Waals surface area contributed by atoms with Crippen LogP contribution >= 0.6 is 11.6 Å². The van der Waals surface area contributed by atoms with Crippen LogP contribution in [0.3, 0.4) is 0 Å². The maximum atomic E-state index is 10.8. The van der Waals surface area contributed by atoms with Crippen molar-refractivity contribution in [3.8, 4) is 0 Å². The molecule has 0 fully saturated rings. The summed E-state index contributed by atoms with van der Waals surface area (Å²) in [6.07, 6.45) is 1.21. The lowest BCUT2D eigenvalue weighted by Gasteiger charge is -2.01. The van der Waals surface area contributed by atoms with Crippen molar-refractivity contribution < 1.29 is 9.59 Å². The first kappa shape index (κ1) is 11.2. The van der Waals surface area contributed by atoms with Crippen molar-refractivity contribution in [1.82, 2.24) is 5.32 Å². The molecule has 0 aliphatic carbocycles. The number of carbonyl (C=O) groups excluding carboxylic acids is 2. The van der Waals surface area contributed by atoms with Gasteiger partial charge in [0.15, 0.2) is 0 Å². The predicted molar refractivity (Wildman–Crippen MR) is 46.8 cm³/mol. The summed E-state index contributed by atoms with van der Waals surface area (Å²) >= 11 is 5.32. The highest BCUT2D eigenvalue weighted by molar-refractivity contribution is 6.18. The van der Waals surface area contributed by atoms with E-state index in [4.69, 9.17) is 17.3 Å². The van der Waals surface area contributed by atoms with Crippen molar-refractivity contribution in [2.45, 2.75) is 19.3 Å². The van der Waals surface area contributed by atoms with Crippen molar-refractivity contribution in [3.05, 3.63) is 0 Å². The van der Waals surface area contributed by atoms with Crippen LogP contribution in [-0.2, 0) is 9.59 Å². The van der Waals surface area contributed by atoms with Crippen LogP contribution in [0.4, 0.5) is 0 Å². The molecular weight excluding hydrogens is 180 g/mol. The Hall–Kier alpha value is -0.770. The molecule has 0 spiro atoms. The summed E-state index contributed by atoms with van der Waals surface area (Å²) in [7, 11) is 0. The molecule has 0 aromatic rings. The Morgan fingerprint density at radius 2 is 2.00 bits per heavy atom. The monoisotopic (exact) mass is 192 g/mol. The van der Waals surface area contributed by atoms with Crippen LogP contribution < -0.4 is 11.1 Å². The van der Waals surface area contributed by atoms with Crippen molar-refractivity contribution in [1.29, 1.82) is 0 Å². The molecule has 0 aromatic heterocycles. The molecule has 0 aliphatic heterocycles. The third kappa shape index (κ3) is 7.34. The Bertz CT molecular complexity index is 161. The Morgan fingerprint density at radius 1 is 1.33 bits per heavy atom. The number of carbonyl (C=O) groups is 2. The Labute approximate surface area is 76.4 Å². The fraction of sp³-hybridized carbons (Fsp3) is 0.714. The third-order valence-corrected chi connectivity index (χ3v) is 1.43. The summed E-state index contributed by atoms with van der Waals surface area (Å²) in [5.74, 6) is -0.113. The third-order valence-electron chi connectivity index (χ3n) is 1.24. The molecular formula is C7H13ClN2O2. The second-order valence-electron chi connectivity index (χ2n) is 2.36. The Morgan fingerprint density at radius 3 is 2.50 bits per heavy atom. The maximum absolute atomic E-state index is 10.8. The topological polar surface area (TPSA) is 72.2 Å². The van der Waals surface area contributed by atoms with Crippen LogP contribution in [0.2, 0.25) is 0 Å². The molecule has 0 aromatic carbocycles. The molecule has 4 nitrogen and oxygen atoms in total. The zero-order chi connectivity index (χ0) is 9.40. The summed E-state index contributed by atoms with van der Waals surface area (Å²) in [6.45, 7) is 0.485. The molecule has 0 radical (unpaired) electrons. The Balaban J connectivity index is 3.19. The second-order valence-corrected chi connectivity index (χ2v) is 2.74. The van der Waals surface area contributed by atoms with Gasteiger partial charge in [-0.15, -0.1) is 11.6 Å². The van der Waals surface area contributed by atoms with Crippen molar-refractivity contribution in [3.63, 3.8) is 0 Å². The van der Waals surface area contributed by atoms with E-state index in [2.05, 4.69) is 5.32 Å². The lowest BCUT2D eigenvalue weighted by Crippen LogP contribution is -2.25. The van der Waals surface area contributed by atoms with Gasteiger partial charge in [-0.2, -0.15) is 0 Å². The van der Waals surface area contributed by atoms with E-state index in [-0.39, 0.29) is 11.8 Å². The van der Waals surface area contributed by atoms with Crippen LogP contribution in [0.15, 0.2) is 0 Å². The fourth-order valence-electron chi connectivity index (χ4n) is 0.665. The minimum atomic E-state index is -0.346. The van der Waals surface area contributed by atoms with Gasteiger partial charge in [0, 0.05) is 25.3 Å². The van der Waals surface area contributed by atoms with Crippen molar-refractivity contribution in [2.24, 2.45) is 5.73 Å². The van der Waals surface area contributed by atoms with Crippen molar-refractivity contribution in [2.75, 3.05) is 12.4 Å². The lowest BCUT2D eigenvalue weighted by molar-refractivity contribution is -0.121. The molecule has 3 N–H and O–H groups in total. The van der Waals surface area contributed by atoms with Crippen LogP contribution in [0.5, 0.6) is 0 Å². The van der Waals surface area contributed by atoms with Gasteiger partial charge in [0.05, 0.1) is 0 Å². The van der Waals surface area contributed by atoms with E-state index in [1.807, 2.05) is 0 Å². The first-order valence-electron chi connectivity index (χ1n) is 3.77. The minimum absolute atomic E-state index is 0.0885. The average molecular weight is 193 g/mol. The number of hydrogen-bond donors (Lipinski definition) is 2.